The third kappa shape index (κ3) is 2.05. The Labute approximate surface area is 136 Å². The molecular formula is C17H20N2O3S. The number of para-hydroxylation sites is 1. The predicted octanol–water partition coefficient (Wildman–Crippen LogP) is 2.55. The van der Waals surface area contributed by atoms with Crippen LogP contribution >= 0.6 is 0 Å². The first-order valence-corrected chi connectivity index (χ1v) is 9.30. The van der Waals surface area contributed by atoms with Crippen LogP contribution in [0.2, 0.25) is 0 Å². The van der Waals surface area contributed by atoms with E-state index in [1.165, 1.54) is 4.31 Å². The van der Waals surface area contributed by atoms with Crippen molar-refractivity contribution in [2.45, 2.75) is 24.1 Å². The first kappa shape index (κ1) is 14.8. The number of rotatable bonds is 2. The number of likely N-dealkylation sites (tertiary alicyclic amines) is 1. The van der Waals surface area contributed by atoms with Crippen molar-refractivity contribution < 1.29 is 12.8 Å². The summed E-state index contributed by atoms with van der Waals surface area (Å²) in [6.45, 7) is 2.35. The molecule has 0 bridgehead atoms. The lowest BCUT2D eigenvalue weighted by atomic mass is 9.87. The van der Waals surface area contributed by atoms with Gasteiger partial charge in [0.15, 0.2) is 0 Å². The molecule has 0 amide bonds. The maximum absolute atomic E-state index is 13.0. The van der Waals surface area contributed by atoms with Crippen molar-refractivity contribution in [3.05, 3.63) is 54.0 Å². The Morgan fingerprint density at radius 1 is 1.17 bits per heavy atom. The Morgan fingerprint density at radius 2 is 1.91 bits per heavy atom. The third-order valence-corrected chi connectivity index (χ3v) is 7.77. The summed E-state index contributed by atoms with van der Waals surface area (Å²) in [5, 5.41) is 0. The fraction of sp³-hybridized carbons (Fsp3) is 0.412. The van der Waals surface area contributed by atoms with Crippen LogP contribution < -0.4 is 4.31 Å². The van der Waals surface area contributed by atoms with Crippen LogP contribution in [0.3, 0.4) is 0 Å². The number of fused-ring (bicyclic) bond motifs is 2. The Balaban J connectivity index is 1.63. The van der Waals surface area contributed by atoms with Crippen LogP contribution in [0.4, 0.5) is 5.69 Å². The van der Waals surface area contributed by atoms with Crippen LogP contribution in [0, 0.1) is 0 Å². The second-order valence-corrected chi connectivity index (χ2v) is 8.67. The number of furan rings is 1. The van der Waals surface area contributed by atoms with Crippen LogP contribution in [-0.4, -0.2) is 33.5 Å². The summed E-state index contributed by atoms with van der Waals surface area (Å²) in [4.78, 5) is 2.30. The molecule has 0 aliphatic carbocycles. The molecule has 1 spiro atoms. The van der Waals surface area contributed by atoms with Gasteiger partial charge in [0, 0.05) is 32.2 Å². The summed E-state index contributed by atoms with van der Waals surface area (Å²) >= 11 is 0. The van der Waals surface area contributed by atoms with Crippen molar-refractivity contribution in [2.24, 2.45) is 0 Å². The zero-order chi connectivity index (χ0) is 16.1. The molecule has 2 aromatic rings. The minimum atomic E-state index is -3.34. The molecule has 1 saturated heterocycles. The molecule has 1 aromatic carbocycles. The molecule has 5 nitrogen and oxygen atoms in total. The second-order valence-electron chi connectivity index (χ2n) is 6.39. The minimum absolute atomic E-state index is 0.633. The molecule has 0 atom stereocenters. The van der Waals surface area contributed by atoms with Crippen LogP contribution in [0.1, 0.15) is 24.0 Å². The highest BCUT2D eigenvalue weighted by Gasteiger charge is 2.55. The number of hydrogen-bond donors (Lipinski definition) is 0. The molecule has 2 aliphatic rings. The molecule has 1 aromatic heterocycles. The largest absolute Gasteiger partial charge is 0.472 e. The first-order chi connectivity index (χ1) is 11.0. The SMILES string of the molecule is CN1c2ccccc2C2(CCN(Cc3ccoc3)CC2)S1(=O)=O. The van der Waals surface area contributed by atoms with Crippen molar-refractivity contribution in [3.63, 3.8) is 0 Å². The van der Waals surface area contributed by atoms with Gasteiger partial charge >= 0.3 is 0 Å². The second kappa shape index (κ2) is 5.11. The zero-order valence-corrected chi connectivity index (χ0v) is 13.9. The number of benzene rings is 1. The molecule has 0 saturated carbocycles. The summed E-state index contributed by atoms with van der Waals surface area (Å²) < 4.78 is 31.9. The Bertz CT molecular complexity index is 806. The summed E-state index contributed by atoms with van der Waals surface area (Å²) in [7, 11) is -1.68. The maximum Gasteiger partial charge on any atom is 0.245 e. The highest BCUT2D eigenvalue weighted by molar-refractivity contribution is 7.94. The van der Waals surface area contributed by atoms with Crippen LogP contribution in [0.25, 0.3) is 0 Å². The molecule has 122 valence electrons. The van der Waals surface area contributed by atoms with Gasteiger partial charge in [-0.25, -0.2) is 8.42 Å². The lowest BCUT2D eigenvalue weighted by Crippen LogP contribution is -2.47. The van der Waals surface area contributed by atoms with E-state index in [0.29, 0.717) is 12.8 Å². The van der Waals surface area contributed by atoms with Gasteiger partial charge in [-0.3, -0.25) is 9.21 Å². The number of hydrogen-bond acceptors (Lipinski definition) is 4. The standard InChI is InChI=1S/C17H20N2O3S/c1-18-16-5-3-2-4-15(16)17(23(18,20)21)7-9-19(10-8-17)12-14-6-11-22-13-14/h2-6,11,13H,7-10,12H2,1H3. The van der Waals surface area contributed by atoms with Crippen LogP contribution in [0.15, 0.2) is 47.3 Å². The van der Waals surface area contributed by atoms with Gasteiger partial charge in [-0.05, 0) is 30.5 Å². The summed E-state index contributed by atoms with van der Waals surface area (Å²) in [6.07, 6.45) is 4.69. The Kier molecular flexibility index (Phi) is 3.28. The Hall–Kier alpha value is -1.79. The van der Waals surface area contributed by atoms with Crippen molar-refractivity contribution in [3.8, 4) is 0 Å². The van der Waals surface area contributed by atoms with Gasteiger partial charge in [-0.15, -0.1) is 0 Å². The predicted molar refractivity (Wildman–Crippen MR) is 88.7 cm³/mol. The van der Waals surface area contributed by atoms with E-state index in [9.17, 15) is 8.42 Å². The summed E-state index contributed by atoms with van der Waals surface area (Å²) in [5.41, 5.74) is 2.92. The number of nitrogens with zero attached hydrogens (tertiary/aromatic N) is 2. The fourth-order valence-electron chi connectivity index (χ4n) is 3.90. The van der Waals surface area contributed by atoms with Crippen LogP contribution in [0.5, 0.6) is 0 Å². The van der Waals surface area contributed by atoms with Gasteiger partial charge < -0.3 is 4.42 Å². The Morgan fingerprint density at radius 3 is 2.61 bits per heavy atom. The molecular weight excluding hydrogens is 312 g/mol. The smallest absolute Gasteiger partial charge is 0.245 e. The molecule has 3 heterocycles. The molecule has 0 unspecified atom stereocenters. The van der Waals surface area contributed by atoms with Crippen molar-refractivity contribution in [2.75, 3.05) is 24.4 Å². The molecule has 6 heteroatoms. The van der Waals surface area contributed by atoms with E-state index >= 15 is 0 Å². The molecule has 0 N–H and O–H groups in total. The zero-order valence-electron chi connectivity index (χ0n) is 13.1. The van der Waals surface area contributed by atoms with Gasteiger partial charge in [0.2, 0.25) is 10.0 Å². The molecule has 23 heavy (non-hydrogen) atoms. The third-order valence-electron chi connectivity index (χ3n) is 5.24. The first-order valence-electron chi connectivity index (χ1n) is 7.86. The fourth-order valence-corrected chi connectivity index (χ4v) is 6.00. The van der Waals surface area contributed by atoms with E-state index in [-0.39, 0.29) is 0 Å². The van der Waals surface area contributed by atoms with Crippen molar-refractivity contribution in [1.29, 1.82) is 0 Å². The highest BCUT2D eigenvalue weighted by Crippen LogP contribution is 2.51. The van der Waals surface area contributed by atoms with Gasteiger partial charge in [0.05, 0.1) is 18.2 Å². The lowest BCUT2D eigenvalue weighted by Gasteiger charge is -2.38. The molecule has 4 rings (SSSR count). The van der Waals surface area contributed by atoms with Crippen LogP contribution in [-0.2, 0) is 21.3 Å². The topological polar surface area (TPSA) is 53.8 Å². The monoisotopic (exact) mass is 332 g/mol. The average molecular weight is 332 g/mol. The number of piperidine rings is 1. The van der Waals surface area contributed by atoms with Gasteiger partial charge in [0.1, 0.15) is 4.75 Å². The van der Waals surface area contributed by atoms with E-state index in [1.807, 2.05) is 30.3 Å². The maximum atomic E-state index is 13.0. The number of anilines is 1. The van der Waals surface area contributed by atoms with E-state index in [0.717, 1.165) is 36.4 Å². The van der Waals surface area contributed by atoms with E-state index < -0.39 is 14.8 Å². The normalized spacial score (nSPS) is 22.4. The van der Waals surface area contributed by atoms with Gasteiger partial charge in [0.25, 0.3) is 0 Å². The molecule has 2 aliphatic heterocycles. The number of sulfonamides is 1. The summed E-state index contributed by atoms with van der Waals surface area (Å²) in [6, 6.07) is 9.67. The minimum Gasteiger partial charge on any atom is -0.472 e. The van der Waals surface area contributed by atoms with E-state index in [4.69, 9.17) is 4.42 Å². The van der Waals surface area contributed by atoms with Gasteiger partial charge in [-0.1, -0.05) is 18.2 Å². The van der Waals surface area contributed by atoms with Crippen molar-refractivity contribution >= 4 is 15.7 Å². The van der Waals surface area contributed by atoms with Gasteiger partial charge in [-0.2, -0.15) is 0 Å². The van der Waals surface area contributed by atoms with Crippen molar-refractivity contribution in [1.82, 2.24) is 4.90 Å². The molecule has 0 radical (unpaired) electrons. The highest BCUT2D eigenvalue weighted by atomic mass is 32.2. The summed E-state index contributed by atoms with van der Waals surface area (Å²) in [5.74, 6) is 0. The quantitative estimate of drug-likeness (QED) is 0.848. The molecule has 1 fully saturated rings. The van der Waals surface area contributed by atoms with E-state index in [1.54, 1.807) is 19.6 Å². The van der Waals surface area contributed by atoms with E-state index in [2.05, 4.69) is 4.90 Å². The lowest BCUT2D eigenvalue weighted by molar-refractivity contribution is 0.189. The average Bonchev–Trinajstić information content (AvgIpc) is 3.12.